The van der Waals surface area contributed by atoms with Gasteiger partial charge in [0.25, 0.3) is 0 Å². The average molecular weight is 294 g/mol. The van der Waals surface area contributed by atoms with Gasteiger partial charge in [-0.3, -0.25) is 9.59 Å². The van der Waals surface area contributed by atoms with Gasteiger partial charge in [0.05, 0.1) is 0 Å². The maximum absolute atomic E-state index is 12.2. The Labute approximate surface area is 124 Å². The van der Waals surface area contributed by atoms with Gasteiger partial charge in [-0.1, -0.05) is 32.9 Å². The molecule has 1 unspecified atom stereocenters. The molecule has 0 saturated carbocycles. The maximum Gasteiger partial charge on any atom is 0.316 e. The number of hydrogen-bond donors (Lipinski definition) is 1. The van der Waals surface area contributed by atoms with Crippen LogP contribution >= 0.6 is 11.8 Å². The zero-order valence-electron chi connectivity index (χ0n) is 12.3. The first-order valence-corrected chi connectivity index (χ1v) is 7.95. The summed E-state index contributed by atoms with van der Waals surface area (Å²) in [6, 6.07) is 7.28. The zero-order valence-corrected chi connectivity index (χ0v) is 13.1. The van der Waals surface area contributed by atoms with Crippen molar-refractivity contribution in [2.45, 2.75) is 50.2 Å². The van der Waals surface area contributed by atoms with Crippen molar-refractivity contribution in [2.24, 2.45) is 5.92 Å². The minimum absolute atomic E-state index is 0.0795. The lowest BCUT2D eigenvalue weighted by Gasteiger charge is -2.12. The minimum atomic E-state index is -0.797. The largest absolute Gasteiger partial charge is 0.480 e. The summed E-state index contributed by atoms with van der Waals surface area (Å²) in [6.45, 7) is 5.90. The summed E-state index contributed by atoms with van der Waals surface area (Å²) in [5.41, 5.74) is 0.714. The number of carbonyl (C=O) groups is 2. The van der Waals surface area contributed by atoms with Crippen molar-refractivity contribution in [3.05, 3.63) is 29.8 Å². The molecule has 0 fully saturated rings. The van der Waals surface area contributed by atoms with Gasteiger partial charge >= 0.3 is 5.97 Å². The van der Waals surface area contributed by atoms with Crippen molar-refractivity contribution in [3.8, 4) is 0 Å². The van der Waals surface area contributed by atoms with Gasteiger partial charge in [-0.2, -0.15) is 0 Å². The van der Waals surface area contributed by atoms with Crippen LogP contribution in [0.5, 0.6) is 0 Å². The Bertz CT molecular complexity index is 449. The van der Waals surface area contributed by atoms with Gasteiger partial charge in [0.15, 0.2) is 5.78 Å². The number of benzene rings is 1. The molecule has 0 amide bonds. The number of carbonyl (C=O) groups excluding carboxylic acids is 1. The van der Waals surface area contributed by atoms with E-state index in [0.717, 1.165) is 17.7 Å². The van der Waals surface area contributed by atoms with Gasteiger partial charge in [0.2, 0.25) is 0 Å². The molecular weight excluding hydrogens is 272 g/mol. The average Bonchev–Trinajstić information content (AvgIpc) is 2.46. The van der Waals surface area contributed by atoms with Crippen molar-refractivity contribution in [3.63, 3.8) is 0 Å². The fraction of sp³-hybridized carbons (Fsp3) is 0.500. The van der Waals surface area contributed by atoms with Crippen molar-refractivity contribution in [1.82, 2.24) is 0 Å². The van der Waals surface area contributed by atoms with Crippen LogP contribution in [0, 0.1) is 5.92 Å². The number of Topliss-reactive ketones (excluding diaryl/α,β-unsaturated/α-hetero) is 1. The van der Waals surface area contributed by atoms with Crippen LogP contribution in [-0.2, 0) is 4.79 Å². The van der Waals surface area contributed by atoms with Crippen molar-refractivity contribution >= 4 is 23.5 Å². The number of thioether (sulfide) groups is 1. The first kappa shape index (κ1) is 16.8. The van der Waals surface area contributed by atoms with Gasteiger partial charge in [0.1, 0.15) is 5.25 Å². The number of aliphatic carboxylic acids is 1. The van der Waals surface area contributed by atoms with E-state index in [1.165, 1.54) is 11.8 Å². The molecule has 1 aromatic carbocycles. The quantitative estimate of drug-likeness (QED) is 0.575. The van der Waals surface area contributed by atoms with Crippen LogP contribution in [0.4, 0.5) is 0 Å². The van der Waals surface area contributed by atoms with E-state index in [1.807, 2.05) is 32.9 Å². The van der Waals surface area contributed by atoms with E-state index in [0.29, 0.717) is 12.0 Å². The molecular formula is C16H22O3S. The Morgan fingerprint density at radius 3 is 2.00 bits per heavy atom. The smallest absolute Gasteiger partial charge is 0.316 e. The fourth-order valence-corrected chi connectivity index (χ4v) is 2.95. The molecule has 4 heteroatoms. The highest BCUT2D eigenvalue weighted by atomic mass is 32.2. The first-order chi connectivity index (χ1) is 9.53. The second kappa shape index (κ2) is 8.10. The third kappa shape index (κ3) is 4.37. The van der Waals surface area contributed by atoms with Crippen LogP contribution in [0.2, 0.25) is 0 Å². The Hall–Kier alpha value is -1.29. The number of ketones is 1. The van der Waals surface area contributed by atoms with E-state index in [2.05, 4.69) is 0 Å². The zero-order chi connectivity index (χ0) is 15.1. The second-order valence-corrected chi connectivity index (χ2v) is 6.03. The van der Waals surface area contributed by atoms with Crippen LogP contribution in [0.3, 0.4) is 0 Å². The Kier molecular flexibility index (Phi) is 6.79. The minimum Gasteiger partial charge on any atom is -0.480 e. The molecule has 1 N–H and O–H groups in total. The summed E-state index contributed by atoms with van der Waals surface area (Å²) in [4.78, 5) is 24.1. The van der Waals surface area contributed by atoms with Gasteiger partial charge in [0, 0.05) is 16.4 Å². The van der Waals surface area contributed by atoms with Gasteiger partial charge in [-0.25, -0.2) is 0 Å². The van der Waals surface area contributed by atoms with Crippen LogP contribution in [0.25, 0.3) is 0 Å². The molecule has 0 aliphatic carbocycles. The van der Waals surface area contributed by atoms with E-state index >= 15 is 0 Å². The second-order valence-electron chi connectivity index (χ2n) is 4.76. The fourth-order valence-electron chi connectivity index (χ4n) is 2.07. The van der Waals surface area contributed by atoms with Crippen LogP contribution < -0.4 is 0 Å². The standard InChI is InChI=1S/C16H22O3S/c1-4-11(5-2)15(17)12-7-9-13(10-8-12)20-14(6-3)16(18)19/h7-11,14H,4-6H2,1-3H3,(H,18,19). The van der Waals surface area contributed by atoms with E-state index in [1.54, 1.807) is 12.1 Å². The molecule has 1 aromatic rings. The highest BCUT2D eigenvalue weighted by Gasteiger charge is 2.18. The van der Waals surface area contributed by atoms with E-state index in [4.69, 9.17) is 5.11 Å². The van der Waals surface area contributed by atoms with Crippen LogP contribution in [0.15, 0.2) is 29.2 Å². The third-order valence-electron chi connectivity index (χ3n) is 3.42. The van der Waals surface area contributed by atoms with Gasteiger partial charge in [-0.05, 0) is 31.4 Å². The van der Waals surface area contributed by atoms with Crippen LogP contribution in [-0.4, -0.2) is 22.1 Å². The monoisotopic (exact) mass is 294 g/mol. The molecule has 20 heavy (non-hydrogen) atoms. The SMILES string of the molecule is CCC(CC)C(=O)c1ccc(SC(CC)C(=O)O)cc1. The summed E-state index contributed by atoms with van der Waals surface area (Å²) >= 11 is 1.33. The normalized spacial score (nSPS) is 12.4. The van der Waals surface area contributed by atoms with Gasteiger partial charge < -0.3 is 5.11 Å². The summed E-state index contributed by atoms with van der Waals surface area (Å²) in [7, 11) is 0. The molecule has 0 heterocycles. The maximum atomic E-state index is 12.2. The molecule has 110 valence electrons. The van der Waals surface area contributed by atoms with E-state index in [9.17, 15) is 9.59 Å². The number of hydrogen-bond acceptors (Lipinski definition) is 3. The summed E-state index contributed by atoms with van der Waals surface area (Å²) in [5.74, 6) is -0.539. The molecule has 0 aliphatic heterocycles. The Balaban J connectivity index is 2.78. The summed E-state index contributed by atoms with van der Waals surface area (Å²) in [5, 5.41) is 8.60. The number of carboxylic acid groups (broad SMARTS) is 1. The first-order valence-electron chi connectivity index (χ1n) is 7.07. The topological polar surface area (TPSA) is 54.4 Å². The Morgan fingerprint density at radius 1 is 1.05 bits per heavy atom. The van der Waals surface area contributed by atoms with Crippen LogP contribution in [0.1, 0.15) is 50.4 Å². The molecule has 0 saturated heterocycles. The molecule has 0 aromatic heterocycles. The lowest BCUT2D eigenvalue weighted by molar-refractivity contribution is -0.136. The molecule has 3 nitrogen and oxygen atoms in total. The highest BCUT2D eigenvalue weighted by molar-refractivity contribution is 8.00. The lowest BCUT2D eigenvalue weighted by atomic mass is 9.93. The van der Waals surface area contributed by atoms with Crippen molar-refractivity contribution in [1.29, 1.82) is 0 Å². The summed E-state index contributed by atoms with van der Waals surface area (Å²) < 4.78 is 0. The third-order valence-corrected chi connectivity index (χ3v) is 4.78. The molecule has 0 aliphatic rings. The number of rotatable bonds is 8. The molecule has 0 spiro atoms. The highest BCUT2D eigenvalue weighted by Crippen LogP contribution is 2.26. The molecule has 1 rings (SSSR count). The lowest BCUT2D eigenvalue weighted by Crippen LogP contribution is -2.15. The van der Waals surface area contributed by atoms with Gasteiger partial charge in [-0.15, -0.1) is 11.8 Å². The molecule has 0 radical (unpaired) electrons. The predicted octanol–water partition coefficient (Wildman–Crippen LogP) is 4.26. The Morgan fingerprint density at radius 2 is 1.60 bits per heavy atom. The predicted molar refractivity (Wildman–Crippen MR) is 82.4 cm³/mol. The molecule has 0 bridgehead atoms. The van der Waals surface area contributed by atoms with Crippen molar-refractivity contribution in [2.75, 3.05) is 0 Å². The van der Waals surface area contributed by atoms with E-state index < -0.39 is 11.2 Å². The van der Waals surface area contributed by atoms with E-state index in [-0.39, 0.29) is 11.7 Å². The molecule has 1 atom stereocenters. The number of carboxylic acids is 1. The summed E-state index contributed by atoms with van der Waals surface area (Å²) in [6.07, 6.45) is 2.28. The van der Waals surface area contributed by atoms with Crippen molar-refractivity contribution < 1.29 is 14.7 Å².